The van der Waals surface area contributed by atoms with Gasteiger partial charge < -0.3 is 19.5 Å². The first-order valence-corrected chi connectivity index (χ1v) is 16.4. The van der Waals surface area contributed by atoms with E-state index in [9.17, 15) is 4.79 Å². The molecule has 1 atom stereocenters. The van der Waals surface area contributed by atoms with Gasteiger partial charge >= 0.3 is 5.97 Å². The normalized spacial score (nSPS) is 14.5. The number of halogens is 1. The maximum absolute atomic E-state index is 13.3. The van der Waals surface area contributed by atoms with Gasteiger partial charge in [0.05, 0.1) is 18.8 Å². The number of fused-ring (bicyclic) bond motifs is 1. The number of hydrogen-bond donors (Lipinski definition) is 1. The van der Waals surface area contributed by atoms with Crippen LogP contribution in [0.15, 0.2) is 83.2 Å². The van der Waals surface area contributed by atoms with Gasteiger partial charge in [-0.2, -0.15) is 4.98 Å². The van der Waals surface area contributed by atoms with Crippen molar-refractivity contribution < 1.29 is 19.0 Å². The number of carbonyl (C=O) groups excluding carboxylic acids is 1. The van der Waals surface area contributed by atoms with E-state index in [1.165, 1.54) is 17.3 Å². The van der Waals surface area contributed by atoms with E-state index < -0.39 is 12.0 Å². The van der Waals surface area contributed by atoms with E-state index in [2.05, 4.69) is 50.4 Å². The Morgan fingerprint density at radius 1 is 1.00 bits per heavy atom. The lowest BCUT2D eigenvalue weighted by molar-refractivity contribution is -0.139. The number of carbonyl (C=O) groups is 1. The van der Waals surface area contributed by atoms with Gasteiger partial charge in [0.2, 0.25) is 11.1 Å². The van der Waals surface area contributed by atoms with Gasteiger partial charge in [-0.05, 0) is 66.6 Å². The van der Waals surface area contributed by atoms with Crippen LogP contribution in [0.4, 0.5) is 5.95 Å². The Kier molecular flexibility index (Phi) is 10.1. The SMILES string of the molecule is CCOC(=O)C1=C(C)Nc2nc(SCc3ccccc3Cl)nn2C1c1ccc(OCc2ccc(C(C)(C)C)cc2)c(OCC)c1. The third-order valence-electron chi connectivity index (χ3n) is 7.44. The van der Waals surface area contributed by atoms with E-state index in [0.717, 1.165) is 16.7 Å². The Morgan fingerprint density at radius 3 is 2.44 bits per heavy atom. The molecule has 5 rings (SSSR count). The molecule has 0 fully saturated rings. The first-order valence-electron chi connectivity index (χ1n) is 15.1. The topological polar surface area (TPSA) is 87.5 Å². The molecule has 1 unspecified atom stereocenters. The molecule has 0 saturated carbocycles. The van der Waals surface area contributed by atoms with Crippen LogP contribution >= 0.6 is 23.4 Å². The standard InChI is InChI=1S/C35H39ClN4O4S/c1-7-42-29-19-24(15-18-28(29)44-20-23-13-16-26(17-14-23)35(4,5)6)31-30(32(41)43-8-2)22(3)37-33-38-34(39-40(31)33)45-21-25-11-9-10-12-27(25)36/h9-19,31H,7-8,20-21H2,1-6H3,(H,37,38,39). The van der Waals surface area contributed by atoms with Crippen LogP contribution in [0.25, 0.3) is 0 Å². The van der Waals surface area contributed by atoms with Gasteiger partial charge in [0.15, 0.2) is 11.5 Å². The lowest BCUT2D eigenvalue weighted by atomic mass is 9.87. The molecule has 3 aromatic carbocycles. The van der Waals surface area contributed by atoms with Crippen LogP contribution in [0.2, 0.25) is 5.02 Å². The molecule has 236 valence electrons. The van der Waals surface area contributed by atoms with Crippen molar-refractivity contribution in [3.63, 3.8) is 0 Å². The number of aromatic nitrogens is 3. The fourth-order valence-electron chi connectivity index (χ4n) is 5.08. The number of nitrogens with zero attached hydrogens (tertiary/aromatic N) is 3. The lowest BCUT2D eigenvalue weighted by Gasteiger charge is -2.28. The first kappa shape index (κ1) is 32.4. The van der Waals surface area contributed by atoms with Crippen molar-refractivity contribution in [3.05, 3.63) is 105 Å². The van der Waals surface area contributed by atoms with Crippen molar-refractivity contribution in [2.45, 2.75) is 70.5 Å². The van der Waals surface area contributed by atoms with Crippen LogP contribution in [-0.2, 0) is 27.3 Å². The van der Waals surface area contributed by atoms with Crippen LogP contribution in [-0.4, -0.2) is 33.9 Å². The van der Waals surface area contributed by atoms with Crippen molar-refractivity contribution in [1.82, 2.24) is 14.8 Å². The van der Waals surface area contributed by atoms with Gasteiger partial charge in [-0.1, -0.05) is 92.7 Å². The maximum Gasteiger partial charge on any atom is 0.338 e. The van der Waals surface area contributed by atoms with Gasteiger partial charge in [-0.25, -0.2) is 9.48 Å². The highest BCUT2D eigenvalue weighted by Crippen LogP contribution is 2.40. The van der Waals surface area contributed by atoms with E-state index in [0.29, 0.717) is 57.9 Å². The molecule has 0 radical (unpaired) electrons. The fraction of sp³-hybridized carbons (Fsp3) is 0.343. The van der Waals surface area contributed by atoms with Crippen LogP contribution in [0.1, 0.15) is 69.8 Å². The molecule has 0 aliphatic carbocycles. The van der Waals surface area contributed by atoms with Crippen LogP contribution in [0.5, 0.6) is 11.5 Å². The summed E-state index contributed by atoms with van der Waals surface area (Å²) in [5, 5.41) is 9.33. The molecule has 1 aliphatic heterocycles. The number of ether oxygens (including phenoxy) is 3. The van der Waals surface area contributed by atoms with E-state index in [4.69, 9.17) is 35.9 Å². The quantitative estimate of drug-likeness (QED) is 0.128. The predicted molar refractivity (Wildman–Crippen MR) is 179 cm³/mol. The molecule has 45 heavy (non-hydrogen) atoms. The van der Waals surface area contributed by atoms with Gasteiger partial charge in [0.25, 0.3) is 0 Å². The number of esters is 1. The zero-order valence-corrected chi connectivity index (χ0v) is 28.1. The molecule has 0 amide bonds. The summed E-state index contributed by atoms with van der Waals surface area (Å²) in [6, 6.07) is 21.3. The maximum atomic E-state index is 13.3. The summed E-state index contributed by atoms with van der Waals surface area (Å²) in [5.74, 6) is 1.91. The Hall–Kier alpha value is -3.95. The second-order valence-electron chi connectivity index (χ2n) is 11.7. The highest BCUT2D eigenvalue weighted by molar-refractivity contribution is 7.98. The number of anilines is 1. The van der Waals surface area contributed by atoms with Crippen molar-refractivity contribution in [3.8, 4) is 11.5 Å². The van der Waals surface area contributed by atoms with Gasteiger partial charge in [0, 0.05) is 16.5 Å². The third kappa shape index (κ3) is 7.48. The minimum absolute atomic E-state index is 0.0836. The largest absolute Gasteiger partial charge is 0.490 e. The molecule has 10 heteroatoms. The van der Waals surface area contributed by atoms with Gasteiger partial charge in [-0.3, -0.25) is 0 Å². The van der Waals surface area contributed by atoms with E-state index in [1.807, 2.05) is 56.3 Å². The molecular weight excluding hydrogens is 608 g/mol. The van der Waals surface area contributed by atoms with Crippen LogP contribution in [0.3, 0.4) is 0 Å². The smallest absolute Gasteiger partial charge is 0.338 e. The zero-order valence-electron chi connectivity index (χ0n) is 26.5. The summed E-state index contributed by atoms with van der Waals surface area (Å²) >= 11 is 7.85. The van der Waals surface area contributed by atoms with E-state index in [-0.39, 0.29) is 12.0 Å². The number of allylic oxidation sites excluding steroid dienone is 1. The molecule has 0 spiro atoms. The van der Waals surface area contributed by atoms with Crippen molar-refractivity contribution >= 4 is 35.3 Å². The Balaban J connectivity index is 1.45. The Bertz CT molecular complexity index is 1690. The Morgan fingerprint density at radius 2 is 1.76 bits per heavy atom. The summed E-state index contributed by atoms with van der Waals surface area (Å²) in [7, 11) is 0. The fourth-order valence-corrected chi connectivity index (χ4v) is 6.19. The number of thioether (sulfide) groups is 1. The molecule has 1 aliphatic rings. The number of nitrogens with one attached hydrogen (secondary N) is 1. The molecule has 2 heterocycles. The van der Waals surface area contributed by atoms with Crippen LogP contribution < -0.4 is 14.8 Å². The predicted octanol–water partition coefficient (Wildman–Crippen LogP) is 8.35. The van der Waals surface area contributed by atoms with Gasteiger partial charge in [-0.15, -0.1) is 5.10 Å². The number of hydrogen-bond acceptors (Lipinski definition) is 8. The summed E-state index contributed by atoms with van der Waals surface area (Å²) in [6.07, 6.45) is 0. The summed E-state index contributed by atoms with van der Waals surface area (Å²) in [5.41, 5.74) is 5.30. The van der Waals surface area contributed by atoms with E-state index >= 15 is 0 Å². The van der Waals surface area contributed by atoms with Crippen molar-refractivity contribution in [2.24, 2.45) is 0 Å². The van der Waals surface area contributed by atoms with Gasteiger partial charge in [0.1, 0.15) is 12.6 Å². The van der Waals surface area contributed by atoms with E-state index in [1.54, 1.807) is 11.6 Å². The Labute approximate surface area is 274 Å². The minimum Gasteiger partial charge on any atom is -0.490 e. The molecule has 4 aromatic rings. The second kappa shape index (κ2) is 14.0. The molecule has 1 N–H and O–H groups in total. The average Bonchev–Trinajstić information content (AvgIpc) is 3.41. The highest BCUT2D eigenvalue weighted by Gasteiger charge is 2.36. The highest BCUT2D eigenvalue weighted by atomic mass is 35.5. The zero-order chi connectivity index (χ0) is 32.1. The number of benzene rings is 3. The minimum atomic E-state index is -0.597. The summed E-state index contributed by atoms with van der Waals surface area (Å²) in [4.78, 5) is 18.1. The number of rotatable bonds is 11. The summed E-state index contributed by atoms with van der Waals surface area (Å²) < 4.78 is 19.5. The van der Waals surface area contributed by atoms with Crippen molar-refractivity contribution in [1.29, 1.82) is 0 Å². The monoisotopic (exact) mass is 646 g/mol. The lowest BCUT2D eigenvalue weighted by Crippen LogP contribution is -2.29. The molecule has 8 nitrogen and oxygen atoms in total. The third-order valence-corrected chi connectivity index (χ3v) is 8.70. The molecule has 0 saturated heterocycles. The van der Waals surface area contributed by atoms with Crippen LogP contribution in [0, 0.1) is 0 Å². The molecule has 0 bridgehead atoms. The molecule has 1 aromatic heterocycles. The molecular formula is C35H39ClN4O4S. The second-order valence-corrected chi connectivity index (χ2v) is 13.1. The first-order chi connectivity index (χ1) is 21.6. The van der Waals surface area contributed by atoms with Crippen molar-refractivity contribution in [2.75, 3.05) is 18.5 Å². The summed E-state index contributed by atoms with van der Waals surface area (Å²) in [6.45, 7) is 13.3. The average molecular weight is 647 g/mol.